The number of rotatable bonds is 0. The van der Waals surface area contributed by atoms with Crippen LogP contribution in [0.1, 0.15) is 41.1 Å². The molecule has 0 radical (unpaired) electrons. The molecule has 1 heterocycles. The van der Waals surface area contributed by atoms with Crippen molar-refractivity contribution in [3.63, 3.8) is 0 Å². The summed E-state index contributed by atoms with van der Waals surface area (Å²) in [4.78, 5) is 13.1. The predicted octanol–water partition coefficient (Wildman–Crippen LogP) is 2.79. The van der Waals surface area contributed by atoms with Crippen molar-refractivity contribution >= 4 is 22.1 Å². The molecule has 2 rings (SSSR count). The lowest BCUT2D eigenvalue weighted by molar-refractivity contribution is 0.0914. The molecule has 1 aliphatic rings. The van der Waals surface area contributed by atoms with Gasteiger partial charge in [0.1, 0.15) is 0 Å². The zero-order valence-corrected chi connectivity index (χ0v) is 9.62. The zero-order chi connectivity index (χ0) is 10.5. The second-order valence-electron chi connectivity index (χ2n) is 4.83. The first-order valence-electron chi connectivity index (χ1n) is 4.82. The first-order valence-corrected chi connectivity index (χ1v) is 5.63. The molecule has 0 fully saturated rings. The van der Waals surface area contributed by atoms with Gasteiger partial charge in [0.2, 0.25) is 0 Å². The van der Waals surface area contributed by atoms with Gasteiger partial charge in [-0.05, 0) is 24.3 Å². The summed E-state index contributed by atoms with van der Waals surface area (Å²) < 4.78 is 0. The molecule has 1 aliphatic carbocycles. The highest BCUT2D eigenvalue weighted by Crippen LogP contribution is 2.42. The van der Waals surface area contributed by atoms with Crippen LogP contribution in [0.15, 0.2) is 0 Å². The van der Waals surface area contributed by atoms with Crippen molar-refractivity contribution in [3.8, 4) is 0 Å². The van der Waals surface area contributed by atoms with Gasteiger partial charge in [-0.15, -0.1) is 11.3 Å². The standard InChI is InChI=1S/C11H15NOS/c1-6-9-7(13)4-11(2,3)5-8(9)14-10(6)12/h4-5,12H2,1-3H3. The number of carbonyl (C=O) groups excluding carboxylic acids is 1. The number of thiophene rings is 1. The molecule has 0 unspecified atom stereocenters. The Morgan fingerprint density at radius 2 is 2.00 bits per heavy atom. The van der Waals surface area contributed by atoms with Crippen molar-refractivity contribution in [2.45, 2.75) is 33.6 Å². The normalized spacial score (nSPS) is 19.5. The van der Waals surface area contributed by atoms with E-state index in [1.54, 1.807) is 11.3 Å². The lowest BCUT2D eigenvalue weighted by Crippen LogP contribution is -2.25. The Balaban J connectivity index is 2.56. The summed E-state index contributed by atoms with van der Waals surface area (Å²) in [6.07, 6.45) is 1.63. The summed E-state index contributed by atoms with van der Waals surface area (Å²) in [6, 6.07) is 0. The minimum Gasteiger partial charge on any atom is -0.390 e. The summed E-state index contributed by atoms with van der Waals surface area (Å²) in [5.41, 5.74) is 7.84. The van der Waals surface area contributed by atoms with Crippen LogP contribution in [-0.2, 0) is 6.42 Å². The van der Waals surface area contributed by atoms with Crippen molar-refractivity contribution < 1.29 is 4.79 Å². The van der Waals surface area contributed by atoms with Gasteiger partial charge in [0.25, 0.3) is 0 Å². The third-order valence-corrected chi connectivity index (χ3v) is 3.93. The molecule has 0 aromatic carbocycles. The average Bonchev–Trinajstić information content (AvgIpc) is 2.24. The summed E-state index contributed by atoms with van der Waals surface area (Å²) in [6.45, 7) is 6.22. The summed E-state index contributed by atoms with van der Waals surface area (Å²) >= 11 is 1.58. The molecule has 0 amide bonds. The second kappa shape index (κ2) is 2.83. The van der Waals surface area contributed by atoms with Gasteiger partial charge in [-0.25, -0.2) is 0 Å². The first kappa shape index (κ1) is 9.71. The molecule has 0 saturated carbocycles. The molecule has 0 spiro atoms. The van der Waals surface area contributed by atoms with Crippen LogP contribution in [0.4, 0.5) is 5.00 Å². The quantitative estimate of drug-likeness (QED) is 0.714. The van der Waals surface area contributed by atoms with Gasteiger partial charge in [0, 0.05) is 16.9 Å². The largest absolute Gasteiger partial charge is 0.390 e. The fourth-order valence-corrected chi connectivity index (χ4v) is 3.45. The molecule has 1 aromatic heterocycles. The van der Waals surface area contributed by atoms with Crippen LogP contribution >= 0.6 is 11.3 Å². The van der Waals surface area contributed by atoms with Gasteiger partial charge in [-0.2, -0.15) is 0 Å². The van der Waals surface area contributed by atoms with E-state index in [9.17, 15) is 4.79 Å². The lowest BCUT2D eigenvalue weighted by Gasteiger charge is -2.28. The van der Waals surface area contributed by atoms with Crippen molar-refractivity contribution in [3.05, 3.63) is 16.0 Å². The van der Waals surface area contributed by atoms with Crippen LogP contribution in [0, 0.1) is 12.3 Å². The Labute approximate surface area is 88.1 Å². The Hall–Kier alpha value is -0.830. The SMILES string of the molecule is Cc1c(N)sc2c1C(=O)CC(C)(C)C2. The maximum absolute atomic E-state index is 11.9. The average molecular weight is 209 g/mol. The number of carbonyl (C=O) groups is 1. The van der Waals surface area contributed by atoms with Gasteiger partial charge in [-0.1, -0.05) is 13.8 Å². The van der Waals surface area contributed by atoms with E-state index in [0.29, 0.717) is 6.42 Å². The first-order chi connectivity index (χ1) is 6.41. The van der Waals surface area contributed by atoms with E-state index >= 15 is 0 Å². The molecular formula is C11H15NOS. The van der Waals surface area contributed by atoms with E-state index in [1.165, 1.54) is 4.88 Å². The molecule has 0 atom stereocenters. The topological polar surface area (TPSA) is 43.1 Å². The van der Waals surface area contributed by atoms with Gasteiger partial charge >= 0.3 is 0 Å². The van der Waals surface area contributed by atoms with Crippen molar-refractivity contribution in [1.29, 1.82) is 0 Å². The monoisotopic (exact) mass is 209 g/mol. The maximum atomic E-state index is 11.9. The van der Waals surface area contributed by atoms with E-state index in [4.69, 9.17) is 5.73 Å². The zero-order valence-electron chi connectivity index (χ0n) is 8.81. The molecule has 0 saturated heterocycles. The van der Waals surface area contributed by atoms with Crippen molar-refractivity contribution in [2.75, 3.05) is 5.73 Å². The van der Waals surface area contributed by atoms with Crippen LogP contribution in [0.2, 0.25) is 0 Å². The lowest BCUT2D eigenvalue weighted by atomic mass is 9.76. The number of anilines is 1. The van der Waals surface area contributed by atoms with E-state index < -0.39 is 0 Å². The van der Waals surface area contributed by atoms with E-state index in [2.05, 4.69) is 13.8 Å². The molecule has 1 aromatic rings. The maximum Gasteiger partial charge on any atom is 0.164 e. The third-order valence-electron chi connectivity index (χ3n) is 2.81. The molecule has 2 N–H and O–H groups in total. The number of hydrogen-bond acceptors (Lipinski definition) is 3. The Morgan fingerprint density at radius 1 is 1.36 bits per heavy atom. The summed E-state index contributed by atoms with van der Waals surface area (Å²) in [7, 11) is 0. The van der Waals surface area contributed by atoms with Gasteiger partial charge in [0.15, 0.2) is 5.78 Å². The number of Topliss-reactive ketones (excluding diaryl/α,β-unsaturated/α-hetero) is 1. The highest BCUT2D eigenvalue weighted by Gasteiger charge is 2.33. The van der Waals surface area contributed by atoms with Crippen molar-refractivity contribution in [1.82, 2.24) is 0 Å². The van der Waals surface area contributed by atoms with E-state index in [-0.39, 0.29) is 11.2 Å². The highest BCUT2D eigenvalue weighted by molar-refractivity contribution is 7.16. The number of nitrogen functional groups attached to an aromatic ring is 1. The minimum atomic E-state index is 0.105. The molecular weight excluding hydrogens is 194 g/mol. The number of ketones is 1. The molecule has 3 heteroatoms. The molecule has 76 valence electrons. The molecule has 0 bridgehead atoms. The van der Waals surface area contributed by atoms with Gasteiger partial charge < -0.3 is 5.73 Å². The highest BCUT2D eigenvalue weighted by atomic mass is 32.1. The van der Waals surface area contributed by atoms with Crippen LogP contribution in [0.25, 0.3) is 0 Å². The predicted molar refractivity (Wildman–Crippen MR) is 59.9 cm³/mol. The van der Waals surface area contributed by atoms with Crippen LogP contribution in [0.3, 0.4) is 0 Å². The summed E-state index contributed by atoms with van der Waals surface area (Å²) in [5, 5.41) is 0.807. The molecule has 0 aliphatic heterocycles. The van der Waals surface area contributed by atoms with Crippen LogP contribution in [0.5, 0.6) is 0 Å². The number of nitrogens with two attached hydrogens (primary N) is 1. The van der Waals surface area contributed by atoms with E-state index in [1.807, 2.05) is 6.92 Å². The third kappa shape index (κ3) is 1.36. The Bertz CT molecular complexity index is 404. The number of hydrogen-bond donors (Lipinski definition) is 1. The van der Waals surface area contributed by atoms with Crippen LogP contribution in [-0.4, -0.2) is 5.78 Å². The van der Waals surface area contributed by atoms with Crippen molar-refractivity contribution in [2.24, 2.45) is 5.41 Å². The van der Waals surface area contributed by atoms with Crippen LogP contribution < -0.4 is 5.73 Å². The fraction of sp³-hybridized carbons (Fsp3) is 0.545. The smallest absolute Gasteiger partial charge is 0.164 e. The molecule has 14 heavy (non-hydrogen) atoms. The van der Waals surface area contributed by atoms with Gasteiger partial charge in [0.05, 0.1) is 5.00 Å². The molecule has 2 nitrogen and oxygen atoms in total. The van der Waals surface area contributed by atoms with Gasteiger partial charge in [-0.3, -0.25) is 4.79 Å². The summed E-state index contributed by atoms with van der Waals surface area (Å²) in [5.74, 6) is 0.265. The second-order valence-corrected chi connectivity index (χ2v) is 5.97. The fourth-order valence-electron chi connectivity index (χ4n) is 2.10. The number of fused-ring (bicyclic) bond motifs is 1. The minimum absolute atomic E-state index is 0.105. The Morgan fingerprint density at radius 3 is 2.64 bits per heavy atom. The van der Waals surface area contributed by atoms with E-state index in [0.717, 1.165) is 22.5 Å². The Kier molecular flexibility index (Phi) is 1.96.